The number of nitro benzene ring substituents is 1. The first kappa shape index (κ1) is 18.9. The number of hydrogen-bond donors (Lipinski definition) is 1. The maximum atomic E-state index is 12.3. The second kappa shape index (κ2) is 8.11. The van der Waals surface area contributed by atoms with E-state index in [1.54, 1.807) is 45.3 Å². The minimum atomic E-state index is -0.594. The summed E-state index contributed by atoms with van der Waals surface area (Å²) in [6, 6.07) is 10.4. The molecule has 8 nitrogen and oxygen atoms in total. The van der Waals surface area contributed by atoms with Gasteiger partial charge >= 0.3 is 5.69 Å². The molecule has 0 aliphatic heterocycles. The molecule has 0 fully saturated rings. The minimum Gasteiger partial charge on any atom is -0.487 e. The van der Waals surface area contributed by atoms with Crippen LogP contribution in [-0.2, 0) is 0 Å². The zero-order valence-corrected chi connectivity index (χ0v) is 14.7. The average Bonchev–Trinajstić information content (AvgIpc) is 2.62. The number of hydrogen-bond acceptors (Lipinski definition) is 5. The molecule has 2 aromatic carbocycles. The topological polar surface area (TPSA) is 102 Å². The Morgan fingerprint density at radius 3 is 2.27 bits per heavy atom. The summed E-state index contributed by atoms with van der Waals surface area (Å²) in [6.07, 6.45) is 0. The second-order valence-electron chi connectivity index (χ2n) is 5.60. The summed E-state index contributed by atoms with van der Waals surface area (Å²) in [5.41, 5.74) is 0.826. The Kier molecular flexibility index (Phi) is 5.90. The molecule has 0 atom stereocenters. The smallest absolute Gasteiger partial charge is 0.311 e. The molecule has 2 aromatic rings. The first-order valence-corrected chi connectivity index (χ1v) is 7.87. The van der Waals surface area contributed by atoms with E-state index in [1.165, 1.54) is 23.1 Å². The van der Waals surface area contributed by atoms with Gasteiger partial charge in [-0.25, -0.2) is 0 Å². The van der Waals surface area contributed by atoms with Gasteiger partial charge in [0, 0.05) is 37.0 Å². The third-order valence-corrected chi connectivity index (χ3v) is 3.51. The van der Waals surface area contributed by atoms with Gasteiger partial charge in [0.2, 0.25) is 0 Å². The number of carbonyl (C=O) groups excluding carboxylic acids is 2. The van der Waals surface area contributed by atoms with Crippen molar-refractivity contribution in [3.05, 3.63) is 63.7 Å². The van der Waals surface area contributed by atoms with Crippen LogP contribution in [0.2, 0.25) is 0 Å². The van der Waals surface area contributed by atoms with E-state index in [2.05, 4.69) is 5.32 Å². The van der Waals surface area contributed by atoms with Gasteiger partial charge in [0.25, 0.3) is 11.8 Å². The Bertz CT molecular complexity index is 831. The fourth-order valence-corrected chi connectivity index (χ4v) is 2.24. The number of nitrogens with one attached hydrogen (secondary N) is 1. The standard InChI is InChI=1S/C18H19N3O5/c1-4-26-16-10-7-13(11-15(16)21(24)25)17(22)19-14-8-5-12(6-9-14)18(23)20(2)3/h5-11H,4H2,1-3H3,(H,19,22). The van der Waals surface area contributed by atoms with Crippen LogP contribution in [0.25, 0.3) is 0 Å². The molecule has 0 radical (unpaired) electrons. The molecule has 8 heteroatoms. The van der Waals surface area contributed by atoms with E-state index in [4.69, 9.17) is 4.74 Å². The lowest BCUT2D eigenvalue weighted by atomic mass is 10.1. The van der Waals surface area contributed by atoms with Crippen LogP contribution in [0.4, 0.5) is 11.4 Å². The molecule has 0 aromatic heterocycles. The number of ether oxygens (including phenoxy) is 1. The van der Waals surface area contributed by atoms with Crippen LogP contribution in [0.3, 0.4) is 0 Å². The highest BCUT2D eigenvalue weighted by atomic mass is 16.6. The third-order valence-electron chi connectivity index (χ3n) is 3.51. The zero-order valence-electron chi connectivity index (χ0n) is 14.7. The van der Waals surface area contributed by atoms with Crippen LogP contribution in [-0.4, -0.2) is 42.3 Å². The van der Waals surface area contributed by atoms with E-state index >= 15 is 0 Å². The third kappa shape index (κ3) is 4.35. The van der Waals surface area contributed by atoms with Gasteiger partial charge < -0.3 is 15.0 Å². The highest BCUT2D eigenvalue weighted by Gasteiger charge is 2.19. The van der Waals surface area contributed by atoms with Crippen molar-refractivity contribution in [3.63, 3.8) is 0 Å². The Morgan fingerprint density at radius 1 is 1.12 bits per heavy atom. The van der Waals surface area contributed by atoms with Gasteiger partial charge in [0.1, 0.15) is 0 Å². The lowest BCUT2D eigenvalue weighted by molar-refractivity contribution is -0.385. The van der Waals surface area contributed by atoms with Crippen LogP contribution >= 0.6 is 0 Å². The molecule has 0 unspecified atom stereocenters. The molecule has 0 bridgehead atoms. The van der Waals surface area contributed by atoms with Gasteiger partial charge in [0.15, 0.2) is 5.75 Å². The second-order valence-corrected chi connectivity index (χ2v) is 5.60. The van der Waals surface area contributed by atoms with E-state index in [-0.39, 0.29) is 29.5 Å². The maximum Gasteiger partial charge on any atom is 0.311 e. The molecule has 1 N–H and O–H groups in total. The average molecular weight is 357 g/mol. The fraction of sp³-hybridized carbons (Fsp3) is 0.222. The summed E-state index contributed by atoms with van der Waals surface area (Å²) < 4.78 is 5.20. The molecule has 136 valence electrons. The van der Waals surface area contributed by atoms with Gasteiger partial charge in [-0.3, -0.25) is 19.7 Å². The summed E-state index contributed by atoms with van der Waals surface area (Å²) in [5, 5.41) is 13.8. The van der Waals surface area contributed by atoms with Crippen molar-refractivity contribution in [2.24, 2.45) is 0 Å². The van der Waals surface area contributed by atoms with Crippen molar-refractivity contribution in [2.45, 2.75) is 6.92 Å². The molecule has 2 amide bonds. The molecule has 0 saturated heterocycles. The summed E-state index contributed by atoms with van der Waals surface area (Å²) in [6.45, 7) is 2.00. The summed E-state index contributed by atoms with van der Waals surface area (Å²) in [7, 11) is 3.30. The predicted molar refractivity (Wildman–Crippen MR) is 96.7 cm³/mol. The van der Waals surface area contributed by atoms with Gasteiger partial charge in [-0.1, -0.05) is 0 Å². The van der Waals surface area contributed by atoms with Gasteiger partial charge in [-0.05, 0) is 43.3 Å². The number of rotatable bonds is 6. The number of anilines is 1. The van der Waals surface area contributed by atoms with Crippen molar-refractivity contribution >= 4 is 23.2 Å². The number of amides is 2. The highest BCUT2D eigenvalue weighted by molar-refractivity contribution is 6.05. The van der Waals surface area contributed by atoms with Crippen molar-refractivity contribution < 1.29 is 19.2 Å². The van der Waals surface area contributed by atoms with Crippen molar-refractivity contribution in [2.75, 3.05) is 26.0 Å². The quantitative estimate of drug-likeness (QED) is 0.632. The molecule has 0 heterocycles. The summed E-state index contributed by atoms with van der Waals surface area (Å²) in [5.74, 6) is -0.534. The number of nitro groups is 1. The largest absolute Gasteiger partial charge is 0.487 e. The van der Waals surface area contributed by atoms with Crippen LogP contribution in [0, 0.1) is 10.1 Å². The Balaban J connectivity index is 2.18. The summed E-state index contributed by atoms with van der Waals surface area (Å²) >= 11 is 0. The first-order chi connectivity index (χ1) is 12.3. The number of benzene rings is 2. The van der Waals surface area contributed by atoms with Crippen LogP contribution < -0.4 is 10.1 Å². The number of carbonyl (C=O) groups is 2. The number of nitrogens with zero attached hydrogens (tertiary/aromatic N) is 2. The van der Waals surface area contributed by atoms with Crippen molar-refractivity contribution in [3.8, 4) is 5.75 Å². The molecule has 0 spiro atoms. The maximum absolute atomic E-state index is 12.3. The van der Waals surface area contributed by atoms with Gasteiger partial charge in [-0.15, -0.1) is 0 Å². The lowest BCUT2D eigenvalue weighted by Crippen LogP contribution is -2.21. The van der Waals surface area contributed by atoms with Gasteiger partial charge in [-0.2, -0.15) is 0 Å². The zero-order chi connectivity index (χ0) is 19.3. The van der Waals surface area contributed by atoms with Crippen LogP contribution in [0.1, 0.15) is 27.6 Å². The minimum absolute atomic E-state index is 0.112. The van der Waals surface area contributed by atoms with Gasteiger partial charge in [0.05, 0.1) is 11.5 Å². The van der Waals surface area contributed by atoms with Crippen LogP contribution in [0.15, 0.2) is 42.5 Å². The van der Waals surface area contributed by atoms with E-state index in [0.717, 1.165) is 0 Å². The summed E-state index contributed by atoms with van der Waals surface area (Å²) in [4.78, 5) is 36.2. The van der Waals surface area contributed by atoms with E-state index in [9.17, 15) is 19.7 Å². The monoisotopic (exact) mass is 357 g/mol. The molecule has 0 aliphatic carbocycles. The SMILES string of the molecule is CCOc1ccc(C(=O)Nc2ccc(C(=O)N(C)C)cc2)cc1[N+](=O)[O-]. The molecular weight excluding hydrogens is 338 g/mol. The highest BCUT2D eigenvalue weighted by Crippen LogP contribution is 2.28. The molecule has 26 heavy (non-hydrogen) atoms. The van der Waals surface area contributed by atoms with Crippen molar-refractivity contribution in [1.29, 1.82) is 0 Å². The normalized spacial score (nSPS) is 10.1. The van der Waals surface area contributed by atoms with Crippen LogP contribution in [0.5, 0.6) is 5.75 Å². The van der Waals surface area contributed by atoms with E-state index in [0.29, 0.717) is 11.3 Å². The predicted octanol–water partition coefficient (Wildman–Crippen LogP) is 2.95. The fourth-order valence-electron chi connectivity index (χ4n) is 2.24. The molecule has 2 rings (SSSR count). The Hall–Kier alpha value is -3.42. The molecule has 0 aliphatic rings. The Labute approximate surface area is 150 Å². The Morgan fingerprint density at radius 2 is 1.73 bits per heavy atom. The lowest BCUT2D eigenvalue weighted by Gasteiger charge is -2.11. The molecular formula is C18H19N3O5. The van der Waals surface area contributed by atoms with E-state index < -0.39 is 10.8 Å². The molecule has 0 saturated carbocycles. The first-order valence-electron chi connectivity index (χ1n) is 7.87. The van der Waals surface area contributed by atoms with E-state index in [1.807, 2.05) is 0 Å². The van der Waals surface area contributed by atoms with Crippen molar-refractivity contribution in [1.82, 2.24) is 4.90 Å².